The van der Waals surface area contributed by atoms with Crippen LogP contribution in [0.5, 0.6) is 0 Å². The summed E-state index contributed by atoms with van der Waals surface area (Å²) in [6, 6.07) is 4.15. The molecule has 6 heteroatoms. The maximum Gasteiger partial charge on any atom is 0.159 e. The molecule has 2 aromatic rings. The van der Waals surface area contributed by atoms with Crippen LogP contribution in [0.3, 0.4) is 0 Å². The Hall–Kier alpha value is -1.43. The molecular formula is C10H9BrN4O. The zero-order valence-corrected chi connectivity index (χ0v) is 9.92. The molecule has 0 radical (unpaired) electrons. The number of hydrogen-bond acceptors (Lipinski definition) is 4. The molecule has 0 atom stereocenters. The normalized spacial score (nSPS) is 19.8. The van der Waals surface area contributed by atoms with Gasteiger partial charge < -0.3 is 5.21 Å². The molecular weight excluding hydrogens is 272 g/mol. The van der Waals surface area contributed by atoms with E-state index in [2.05, 4.69) is 31.2 Å². The smallest absolute Gasteiger partial charge is 0.159 e. The first kappa shape index (κ1) is 9.77. The predicted molar refractivity (Wildman–Crippen MR) is 62.7 cm³/mol. The molecule has 0 saturated heterocycles. The lowest BCUT2D eigenvalue weighted by atomic mass is 9.90. The van der Waals surface area contributed by atoms with Crippen molar-refractivity contribution in [1.29, 1.82) is 0 Å². The second-order valence-electron chi connectivity index (χ2n) is 3.86. The highest BCUT2D eigenvalue weighted by molar-refractivity contribution is 9.10. The Kier molecular flexibility index (Phi) is 2.17. The van der Waals surface area contributed by atoms with Crippen LogP contribution in [-0.4, -0.2) is 25.7 Å². The Morgan fingerprint density at radius 2 is 2.25 bits per heavy atom. The molecule has 0 spiro atoms. The van der Waals surface area contributed by atoms with Gasteiger partial charge in [0, 0.05) is 18.2 Å². The van der Waals surface area contributed by atoms with E-state index in [0.717, 1.165) is 34.2 Å². The van der Waals surface area contributed by atoms with Gasteiger partial charge in [-0.25, -0.2) is 9.67 Å². The molecule has 16 heavy (non-hydrogen) atoms. The molecule has 0 aromatic carbocycles. The van der Waals surface area contributed by atoms with Crippen LogP contribution in [0.15, 0.2) is 28.1 Å². The summed E-state index contributed by atoms with van der Waals surface area (Å²) >= 11 is 3.35. The van der Waals surface area contributed by atoms with Gasteiger partial charge in [0.25, 0.3) is 0 Å². The number of hydrogen-bond donors (Lipinski definition) is 1. The van der Waals surface area contributed by atoms with Crippen molar-refractivity contribution in [2.45, 2.75) is 18.9 Å². The zero-order valence-electron chi connectivity index (χ0n) is 8.34. The summed E-state index contributed by atoms with van der Waals surface area (Å²) in [6.45, 7) is 0. The highest BCUT2D eigenvalue weighted by atomic mass is 79.9. The molecule has 1 aliphatic rings. The predicted octanol–water partition coefficient (Wildman–Crippen LogP) is 2.36. The van der Waals surface area contributed by atoms with E-state index in [9.17, 15) is 0 Å². The van der Waals surface area contributed by atoms with Gasteiger partial charge in [-0.3, -0.25) is 0 Å². The molecule has 3 rings (SSSR count). The summed E-state index contributed by atoms with van der Waals surface area (Å²) in [7, 11) is 0. The van der Waals surface area contributed by atoms with Gasteiger partial charge in [0.2, 0.25) is 0 Å². The molecule has 82 valence electrons. The third kappa shape index (κ3) is 1.41. The van der Waals surface area contributed by atoms with E-state index in [1.807, 2.05) is 23.0 Å². The van der Waals surface area contributed by atoms with Crippen molar-refractivity contribution in [2.75, 3.05) is 0 Å². The fourth-order valence-electron chi connectivity index (χ4n) is 1.91. The summed E-state index contributed by atoms with van der Waals surface area (Å²) in [5.74, 6) is 0. The van der Waals surface area contributed by atoms with E-state index in [1.165, 1.54) is 0 Å². The highest BCUT2D eigenvalue weighted by Crippen LogP contribution is 2.31. The van der Waals surface area contributed by atoms with Crippen molar-refractivity contribution >= 4 is 32.7 Å². The number of nitrogens with zero attached hydrogens (tertiary/aromatic N) is 4. The summed E-state index contributed by atoms with van der Waals surface area (Å²) in [4.78, 5) is 4.40. The average molecular weight is 281 g/mol. The molecule has 0 amide bonds. The van der Waals surface area contributed by atoms with E-state index in [0.29, 0.717) is 0 Å². The monoisotopic (exact) mass is 280 g/mol. The van der Waals surface area contributed by atoms with Crippen LogP contribution in [0.25, 0.3) is 11.0 Å². The Bertz CT molecular complexity index is 569. The fourth-order valence-corrected chi connectivity index (χ4v) is 2.21. The van der Waals surface area contributed by atoms with E-state index >= 15 is 0 Å². The largest absolute Gasteiger partial charge is 0.411 e. The number of aromatic nitrogens is 3. The first-order chi connectivity index (χ1) is 7.78. The van der Waals surface area contributed by atoms with Gasteiger partial charge in [0.15, 0.2) is 5.65 Å². The minimum absolute atomic E-state index is 0.269. The van der Waals surface area contributed by atoms with Crippen LogP contribution in [-0.2, 0) is 0 Å². The zero-order chi connectivity index (χ0) is 11.1. The van der Waals surface area contributed by atoms with E-state index in [1.54, 1.807) is 0 Å². The lowest BCUT2D eigenvalue weighted by molar-refractivity contribution is 0.303. The van der Waals surface area contributed by atoms with Crippen molar-refractivity contribution in [3.63, 3.8) is 0 Å². The topological polar surface area (TPSA) is 63.3 Å². The van der Waals surface area contributed by atoms with Gasteiger partial charge in [-0.2, -0.15) is 5.10 Å². The lowest BCUT2D eigenvalue weighted by Gasteiger charge is -2.26. The lowest BCUT2D eigenvalue weighted by Crippen LogP contribution is -2.27. The molecule has 0 unspecified atom stereocenters. The molecule has 1 aliphatic carbocycles. The van der Waals surface area contributed by atoms with E-state index < -0.39 is 0 Å². The maximum absolute atomic E-state index is 8.59. The SMILES string of the molecule is ON=C1CC(n2ncc3ccc(Br)nc32)C1. The Balaban J connectivity index is 2.02. The highest BCUT2D eigenvalue weighted by Gasteiger charge is 2.29. The first-order valence-electron chi connectivity index (χ1n) is 4.97. The summed E-state index contributed by atoms with van der Waals surface area (Å²) in [5, 5.41) is 17.1. The molecule has 1 N–H and O–H groups in total. The molecule has 0 aliphatic heterocycles. The van der Waals surface area contributed by atoms with Gasteiger partial charge >= 0.3 is 0 Å². The molecule has 1 fully saturated rings. The minimum atomic E-state index is 0.269. The number of halogens is 1. The van der Waals surface area contributed by atoms with Crippen LogP contribution in [0, 0.1) is 0 Å². The molecule has 5 nitrogen and oxygen atoms in total. The van der Waals surface area contributed by atoms with Gasteiger partial charge in [-0.1, -0.05) is 5.16 Å². The number of oxime groups is 1. The van der Waals surface area contributed by atoms with Crippen LogP contribution in [0.4, 0.5) is 0 Å². The van der Waals surface area contributed by atoms with Crippen molar-refractivity contribution < 1.29 is 5.21 Å². The van der Waals surface area contributed by atoms with Gasteiger partial charge in [-0.05, 0) is 28.1 Å². The summed E-state index contributed by atoms with van der Waals surface area (Å²) < 4.78 is 2.70. The Labute approximate surface area is 99.9 Å². The average Bonchev–Trinajstić information content (AvgIpc) is 2.60. The molecule has 0 bridgehead atoms. The van der Waals surface area contributed by atoms with Crippen LogP contribution in [0.2, 0.25) is 0 Å². The Morgan fingerprint density at radius 1 is 1.44 bits per heavy atom. The van der Waals surface area contributed by atoms with Crippen LogP contribution in [0.1, 0.15) is 18.9 Å². The fraction of sp³-hybridized carbons (Fsp3) is 0.300. The van der Waals surface area contributed by atoms with Gasteiger partial charge in [0.1, 0.15) is 4.60 Å². The summed E-state index contributed by atoms with van der Waals surface area (Å²) in [5.41, 5.74) is 1.69. The summed E-state index contributed by atoms with van der Waals surface area (Å²) in [6.07, 6.45) is 3.31. The van der Waals surface area contributed by atoms with Gasteiger partial charge in [0.05, 0.1) is 18.0 Å². The van der Waals surface area contributed by atoms with E-state index in [-0.39, 0.29) is 6.04 Å². The standard InChI is InChI=1S/C10H9BrN4O/c11-9-2-1-6-5-12-15(10(6)13-9)8-3-7(4-8)14-16/h1-2,5,8,16H,3-4H2. The molecule has 1 saturated carbocycles. The molecule has 2 aromatic heterocycles. The second kappa shape index (κ2) is 3.55. The maximum atomic E-state index is 8.59. The third-order valence-electron chi connectivity index (χ3n) is 2.84. The van der Waals surface area contributed by atoms with Crippen molar-refractivity contribution in [2.24, 2.45) is 5.16 Å². The number of rotatable bonds is 1. The number of fused-ring (bicyclic) bond motifs is 1. The second-order valence-corrected chi connectivity index (χ2v) is 4.68. The van der Waals surface area contributed by atoms with Crippen molar-refractivity contribution in [3.8, 4) is 0 Å². The van der Waals surface area contributed by atoms with Gasteiger partial charge in [-0.15, -0.1) is 0 Å². The molecule has 2 heterocycles. The first-order valence-corrected chi connectivity index (χ1v) is 5.77. The van der Waals surface area contributed by atoms with E-state index in [4.69, 9.17) is 5.21 Å². The van der Waals surface area contributed by atoms with Crippen LogP contribution < -0.4 is 0 Å². The Morgan fingerprint density at radius 3 is 3.00 bits per heavy atom. The van der Waals surface area contributed by atoms with Crippen molar-refractivity contribution in [1.82, 2.24) is 14.8 Å². The number of pyridine rings is 1. The van der Waals surface area contributed by atoms with Crippen LogP contribution >= 0.6 is 15.9 Å². The third-order valence-corrected chi connectivity index (χ3v) is 3.28. The quantitative estimate of drug-likeness (QED) is 0.496. The minimum Gasteiger partial charge on any atom is -0.411 e. The van der Waals surface area contributed by atoms with Crippen molar-refractivity contribution in [3.05, 3.63) is 22.9 Å².